The molecule has 2 aromatic heterocycles. The molecule has 0 saturated heterocycles. The van der Waals surface area contributed by atoms with Crippen molar-refractivity contribution in [3.8, 4) is 11.6 Å². The molecule has 28 heavy (non-hydrogen) atoms. The van der Waals surface area contributed by atoms with Crippen LogP contribution in [0.4, 0.5) is 0 Å². The third-order valence-electron chi connectivity index (χ3n) is 3.39. The van der Waals surface area contributed by atoms with Crippen LogP contribution in [0.15, 0.2) is 36.7 Å². The fourth-order valence-corrected chi connectivity index (χ4v) is 2.20. The Kier molecular flexibility index (Phi) is 14.5. The second-order valence-electron chi connectivity index (χ2n) is 5.55. The molecule has 2 rings (SSSR count). The number of likely N-dealkylation sites (N-methyl/N-ethyl adjacent to an activating group) is 1. The SMILES string of the molecule is CC.CC=O.CCCc1ncc(Oc2ccc(/C=C/[C@H](C)NC)cn2)cc1Cl. The van der Waals surface area contributed by atoms with Crippen molar-refractivity contribution in [3.63, 3.8) is 0 Å². The van der Waals surface area contributed by atoms with E-state index in [-0.39, 0.29) is 0 Å². The summed E-state index contributed by atoms with van der Waals surface area (Å²) in [7, 11) is 1.93. The van der Waals surface area contributed by atoms with Crippen LogP contribution in [0.25, 0.3) is 6.08 Å². The minimum Gasteiger partial charge on any atom is -0.437 e. The highest BCUT2D eigenvalue weighted by atomic mass is 35.5. The lowest BCUT2D eigenvalue weighted by Gasteiger charge is -2.07. The van der Waals surface area contributed by atoms with Gasteiger partial charge in [-0.05, 0) is 38.9 Å². The number of carbonyl (C=O) groups is 1. The van der Waals surface area contributed by atoms with Gasteiger partial charge in [0.1, 0.15) is 12.0 Å². The van der Waals surface area contributed by atoms with Gasteiger partial charge in [0.2, 0.25) is 5.88 Å². The number of nitrogens with zero attached hydrogens (tertiary/aromatic N) is 2. The predicted molar refractivity (Wildman–Crippen MR) is 118 cm³/mol. The topological polar surface area (TPSA) is 64.1 Å². The summed E-state index contributed by atoms with van der Waals surface area (Å²) >= 11 is 6.21. The van der Waals surface area contributed by atoms with E-state index in [9.17, 15) is 0 Å². The van der Waals surface area contributed by atoms with E-state index in [0.717, 1.165) is 30.4 Å². The summed E-state index contributed by atoms with van der Waals surface area (Å²) in [4.78, 5) is 17.4. The minimum absolute atomic E-state index is 0.320. The van der Waals surface area contributed by atoms with Gasteiger partial charge in [-0.1, -0.05) is 50.9 Å². The Morgan fingerprint density at radius 3 is 2.43 bits per heavy atom. The fourth-order valence-electron chi connectivity index (χ4n) is 1.95. The van der Waals surface area contributed by atoms with Crippen molar-refractivity contribution in [2.75, 3.05) is 7.05 Å². The molecule has 0 aliphatic heterocycles. The maximum absolute atomic E-state index is 8.81. The lowest BCUT2D eigenvalue weighted by Crippen LogP contribution is -2.17. The summed E-state index contributed by atoms with van der Waals surface area (Å²) in [5.41, 5.74) is 1.92. The molecule has 2 heterocycles. The van der Waals surface area contributed by atoms with E-state index < -0.39 is 0 Å². The zero-order valence-electron chi connectivity index (χ0n) is 17.7. The molecule has 0 spiro atoms. The highest BCUT2D eigenvalue weighted by molar-refractivity contribution is 6.31. The molecule has 6 heteroatoms. The van der Waals surface area contributed by atoms with Gasteiger partial charge in [-0.15, -0.1) is 0 Å². The standard InChI is InChI=1S/C18H22ClN3O.C2H4O.C2H6/c1-4-5-17-16(19)10-15(12-21-17)23-18-9-8-14(11-22-18)7-6-13(2)20-3;1-2-3;1-2/h6-13,20H,4-5H2,1-3H3;2H,1H3;1-2H3/b7-6+;;/t13-;;/m0../s1. The number of ether oxygens (including phenoxy) is 1. The van der Waals surface area contributed by atoms with Gasteiger partial charge in [0.15, 0.2) is 0 Å². The van der Waals surface area contributed by atoms with Crippen LogP contribution in [0.1, 0.15) is 52.3 Å². The number of aryl methyl sites for hydroxylation is 1. The van der Waals surface area contributed by atoms with E-state index in [2.05, 4.69) is 35.2 Å². The smallest absolute Gasteiger partial charge is 0.219 e. The summed E-state index contributed by atoms with van der Waals surface area (Å²) in [5, 5.41) is 3.78. The van der Waals surface area contributed by atoms with Crippen LogP contribution in [-0.2, 0) is 11.2 Å². The Morgan fingerprint density at radius 2 is 1.93 bits per heavy atom. The molecular formula is C22H32ClN3O2. The van der Waals surface area contributed by atoms with Crippen molar-refractivity contribution in [2.45, 2.75) is 53.5 Å². The predicted octanol–water partition coefficient (Wildman–Crippen LogP) is 5.73. The average Bonchev–Trinajstić information content (AvgIpc) is 2.71. The zero-order chi connectivity index (χ0) is 21.4. The van der Waals surface area contributed by atoms with Gasteiger partial charge >= 0.3 is 0 Å². The Balaban J connectivity index is 0.00000133. The van der Waals surface area contributed by atoms with Crippen LogP contribution in [-0.4, -0.2) is 29.3 Å². The molecule has 0 saturated carbocycles. The maximum Gasteiger partial charge on any atom is 0.219 e. The summed E-state index contributed by atoms with van der Waals surface area (Å²) in [6.07, 6.45) is 10.2. The first kappa shape index (κ1) is 25.8. The molecule has 0 fully saturated rings. The normalized spacial score (nSPS) is 11.0. The second-order valence-corrected chi connectivity index (χ2v) is 5.96. The van der Waals surface area contributed by atoms with Crippen LogP contribution in [0.5, 0.6) is 11.6 Å². The fraction of sp³-hybridized carbons (Fsp3) is 0.409. The third-order valence-corrected chi connectivity index (χ3v) is 3.72. The van der Waals surface area contributed by atoms with Crippen molar-refractivity contribution in [2.24, 2.45) is 0 Å². The average molecular weight is 406 g/mol. The van der Waals surface area contributed by atoms with Crippen molar-refractivity contribution in [3.05, 3.63) is 52.9 Å². The van der Waals surface area contributed by atoms with Gasteiger partial charge in [-0.25, -0.2) is 4.98 Å². The summed E-state index contributed by atoms with van der Waals surface area (Å²) < 4.78 is 5.70. The summed E-state index contributed by atoms with van der Waals surface area (Å²) in [5.74, 6) is 1.11. The Hall–Kier alpha value is -2.24. The number of hydrogen-bond donors (Lipinski definition) is 1. The van der Waals surface area contributed by atoms with E-state index in [1.54, 1.807) is 18.5 Å². The van der Waals surface area contributed by atoms with Gasteiger partial charge in [-0.3, -0.25) is 4.98 Å². The monoisotopic (exact) mass is 405 g/mol. The lowest BCUT2D eigenvalue weighted by atomic mass is 10.2. The largest absolute Gasteiger partial charge is 0.437 e. The second kappa shape index (κ2) is 15.8. The number of nitrogens with one attached hydrogen (secondary N) is 1. The Labute approximate surface area is 174 Å². The van der Waals surface area contributed by atoms with E-state index in [1.165, 1.54) is 6.92 Å². The molecule has 0 aliphatic carbocycles. The van der Waals surface area contributed by atoms with Crippen LogP contribution >= 0.6 is 11.6 Å². The van der Waals surface area contributed by atoms with E-state index in [4.69, 9.17) is 21.1 Å². The molecular weight excluding hydrogens is 374 g/mol. The Bertz CT molecular complexity index is 703. The van der Waals surface area contributed by atoms with Gasteiger partial charge < -0.3 is 14.8 Å². The summed E-state index contributed by atoms with van der Waals surface area (Å²) in [6, 6.07) is 5.89. The lowest BCUT2D eigenvalue weighted by molar-refractivity contribution is -0.106. The number of halogens is 1. The van der Waals surface area contributed by atoms with E-state index in [0.29, 0.717) is 22.7 Å². The molecule has 0 aliphatic rings. The minimum atomic E-state index is 0.320. The quantitative estimate of drug-likeness (QED) is 0.596. The van der Waals surface area contributed by atoms with Crippen LogP contribution in [0, 0.1) is 0 Å². The molecule has 5 nitrogen and oxygen atoms in total. The number of pyridine rings is 2. The van der Waals surface area contributed by atoms with E-state index in [1.807, 2.05) is 39.1 Å². The number of hydrogen-bond acceptors (Lipinski definition) is 5. The molecule has 0 bridgehead atoms. The molecule has 2 aromatic rings. The molecule has 0 aromatic carbocycles. The first-order valence-electron chi connectivity index (χ1n) is 9.57. The van der Waals surface area contributed by atoms with Crippen LogP contribution in [0.3, 0.4) is 0 Å². The first-order valence-corrected chi connectivity index (χ1v) is 9.95. The maximum atomic E-state index is 8.81. The van der Waals surface area contributed by atoms with Crippen LogP contribution in [0.2, 0.25) is 5.02 Å². The molecule has 0 amide bonds. The highest BCUT2D eigenvalue weighted by Gasteiger charge is 2.05. The number of aldehydes is 1. The number of aromatic nitrogens is 2. The molecule has 0 radical (unpaired) electrons. The van der Waals surface area contributed by atoms with Crippen molar-refractivity contribution in [1.29, 1.82) is 0 Å². The third kappa shape index (κ3) is 10.2. The van der Waals surface area contributed by atoms with Gasteiger partial charge in [0.05, 0.1) is 16.9 Å². The number of rotatable bonds is 7. The Morgan fingerprint density at radius 1 is 1.25 bits per heavy atom. The van der Waals surface area contributed by atoms with Crippen molar-refractivity contribution >= 4 is 24.0 Å². The first-order chi connectivity index (χ1) is 13.5. The highest BCUT2D eigenvalue weighted by Crippen LogP contribution is 2.24. The van der Waals surface area contributed by atoms with Gasteiger partial charge in [-0.2, -0.15) is 0 Å². The van der Waals surface area contributed by atoms with Gasteiger partial charge in [0.25, 0.3) is 0 Å². The van der Waals surface area contributed by atoms with Gasteiger partial charge in [0, 0.05) is 24.4 Å². The summed E-state index contributed by atoms with van der Waals surface area (Å²) in [6.45, 7) is 9.63. The van der Waals surface area contributed by atoms with Crippen LogP contribution < -0.4 is 10.1 Å². The number of carbonyl (C=O) groups excluding carboxylic acids is 1. The van der Waals surface area contributed by atoms with Crippen molar-refractivity contribution < 1.29 is 9.53 Å². The van der Waals surface area contributed by atoms with E-state index >= 15 is 0 Å². The molecule has 1 N–H and O–H groups in total. The molecule has 1 atom stereocenters. The molecule has 154 valence electrons. The zero-order valence-corrected chi connectivity index (χ0v) is 18.5. The molecule has 0 unspecified atom stereocenters. The van der Waals surface area contributed by atoms with Crippen molar-refractivity contribution in [1.82, 2.24) is 15.3 Å².